The van der Waals surface area contributed by atoms with Crippen molar-refractivity contribution < 1.29 is 4.74 Å². The molecule has 82 valence electrons. The average Bonchev–Trinajstić information content (AvgIpc) is 2.62. The molecule has 0 unspecified atom stereocenters. The molecule has 0 radical (unpaired) electrons. The van der Waals surface area contributed by atoms with Crippen LogP contribution in [0.1, 0.15) is 31.5 Å². The lowest BCUT2D eigenvalue weighted by Gasteiger charge is -2.11. The number of hydrogen-bond acceptors (Lipinski definition) is 2. The maximum Gasteiger partial charge on any atom is 0.123 e. The highest BCUT2D eigenvalue weighted by Gasteiger charge is 2.56. The second kappa shape index (κ2) is 3.45. The van der Waals surface area contributed by atoms with Gasteiger partial charge in [0.05, 0.1) is 13.2 Å². The quantitative estimate of drug-likeness (QED) is 0.783. The van der Waals surface area contributed by atoms with Crippen molar-refractivity contribution in [3.8, 4) is 0 Å². The van der Waals surface area contributed by atoms with E-state index in [2.05, 4.69) is 52.3 Å². The standard InChI is InChI=1S/C11H15IN2O/c1-6(2)14-9(3-10(12)13-14)11-7-4-15-5-8(7)11/h3,6-8,11H,4-5H2,1-2H3/t7-,8+,11-. The number of nitrogens with zero attached hydrogens (tertiary/aromatic N) is 2. The summed E-state index contributed by atoms with van der Waals surface area (Å²) in [7, 11) is 0. The van der Waals surface area contributed by atoms with Crippen molar-refractivity contribution in [3.63, 3.8) is 0 Å². The van der Waals surface area contributed by atoms with Gasteiger partial charge in [-0.15, -0.1) is 0 Å². The van der Waals surface area contributed by atoms with E-state index < -0.39 is 0 Å². The highest BCUT2D eigenvalue weighted by molar-refractivity contribution is 14.1. The third-order valence-electron chi connectivity index (χ3n) is 3.52. The minimum absolute atomic E-state index is 0.464. The largest absolute Gasteiger partial charge is 0.381 e. The zero-order valence-electron chi connectivity index (χ0n) is 8.98. The third kappa shape index (κ3) is 1.53. The summed E-state index contributed by atoms with van der Waals surface area (Å²) < 4.78 is 8.73. The number of hydrogen-bond donors (Lipinski definition) is 0. The Kier molecular flexibility index (Phi) is 2.32. The second-order valence-corrected chi connectivity index (χ2v) is 5.93. The van der Waals surface area contributed by atoms with E-state index in [-0.39, 0.29) is 0 Å². The van der Waals surface area contributed by atoms with Gasteiger partial charge in [0.25, 0.3) is 0 Å². The first-order valence-electron chi connectivity index (χ1n) is 5.51. The van der Waals surface area contributed by atoms with Gasteiger partial charge in [-0.25, -0.2) is 0 Å². The van der Waals surface area contributed by atoms with E-state index in [1.54, 1.807) is 0 Å². The Balaban J connectivity index is 1.91. The molecule has 2 fully saturated rings. The molecule has 3 atom stereocenters. The molecule has 2 heterocycles. The minimum Gasteiger partial charge on any atom is -0.381 e. The summed E-state index contributed by atoms with van der Waals surface area (Å²) in [4.78, 5) is 0. The molecule has 4 heteroatoms. The summed E-state index contributed by atoms with van der Waals surface area (Å²) in [6.07, 6.45) is 0. The smallest absolute Gasteiger partial charge is 0.123 e. The summed E-state index contributed by atoms with van der Waals surface area (Å²) >= 11 is 2.30. The number of rotatable bonds is 2. The Hall–Kier alpha value is -0.100. The van der Waals surface area contributed by atoms with Crippen LogP contribution in [-0.4, -0.2) is 23.0 Å². The fourth-order valence-corrected chi connectivity index (χ4v) is 3.27. The van der Waals surface area contributed by atoms with E-state index >= 15 is 0 Å². The topological polar surface area (TPSA) is 27.1 Å². The van der Waals surface area contributed by atoms with E-state index in [4.69, 9.17) is 4.74 Å². The average molecular weight is 318 g/mol. The van der Waals surface area contributed by atoms with Crippen molar-refractivity contribution in [2.75, 3.05) is 13.2 Å². The third-order valence-corrected chi connectivity index (χ3v) is 4.04. The molecule has 1 aromatic heterocycles. The Morgan fingerprint density at radius 1 is 1.47 bits per heavy atom. The molecule has 1 aliphatic carbocycles. The molecule has 15 heavy (non-hydrogen) atoms. The van der Waals surface area contributed by atoms with Gasteiger partial charge >= 0.3 is 0 Å². The fraction of sp³-hybridized carbons (Fsp3) is 0.727. The lowest BCUT2D eigenvalue weighted by Crippen LogP contribution is -2.09. The number of fused-ring (bicyclic) bond motifs is 1. The van der Waals surface area contributed by atoms with Gasteiger partial charge in [-0.1, -0.05) is 0 Å². The van der Waals surface area contributed by atoms with Crippen LogP contribution < -0.4 is 0 Å². The molecule has 0 aromatic carbocycles. The molecule has 0 amide bonds. The summed E-state index contributed by atoms with van der Waals surface area (Å²) in [6.45, 7) is 6.30. The molecular formula is C11H15IN2O. The molecule has 1 aromatic rings. The van der Waals surface area contributed by atoms with Crippen molar-refractivity contribution in [1.29, 1.82) is 0 Å². The van der Waals surface area contributed by atoms with Gasteiger partial charge in [0.1, 0.15) is 3.70 Å². The molecule has 0 N–H and O–H groups in total. The molecule has 2 aliphatic rings. The predicted molar refractivity (Wildman–Crippen MR) is 65.9 cm³/mol. The molecule has 3 rings (SSSR count). The van der Waals surface area contributed by atoms with Crippen molar-refractivity contribution >= 4 is 22.6 Å². The van der Waals surface area contributed by atoms with Crippen LogP contribution in [-0.2, 0) is 4.74 Å². The molecule has 3 nitrogen and oxygen atoms in total. The zero-order chi connectivity index (χ0) is 10.6. The monoisotopic (exact) mass is 318 g/mol. The fourth-order valence-electron chi connectivity index (χ4n) is 2.72. The van der Waals surface area contributed by atoms with Gasteiger partial charge < -0.3 is 4.74 Å². The second-order valence-electron chi connectivity index (χ2n) is 4.82. The van der Waals surface area contributed by atoms with Crippen LogP contribution in [0.25, 0.3) is 0 Å². The molecule has 0 spiro atoms. The number of aromatic nitrogens is 2. The zero-order valence-corrected chi connectivity index (χ0v) is 11.1. The predicted octanol–water partition coefficient (Wildman–Crippen LogP) is 2.43. The van der Waals surface area contributed by atoms with Crippen LogP contribution >= 0.6 is 22.6 Å². The van der Waals surface area contributed by atoms with Gasteiger partial charge in [0.2, 0.25) is 0 Å². The van der Waals surface area contributed by atoms with E-state index in [0.717, 1.165) is 34.7 Å². The molecule has 0 bridgehead atoms. The van der Waals surface area contributed by atoms with Crippen molar-refractivity contribution in [1.82, 2.24) is 9.78 Å². The van der Waals surface area contributed by atoms with Crippen LogP contribution in [0.3, 0.4) is 0 Å². The van der Waals surface area contributed by atoms with Crippen LogP contribution in [0, 0.1) is 15.5 Å². The van der Waals surface area contributed by atoms with Gasteiger partial charge in [-0.3, -0.25) is 4.68 Å². The first-order valence-corrected chi connectivity index (χ1v) is 6.59. The summed E-state index contributed by atoms with van der Waals surface area (Å²) in [5.74, 6) is 2.27. The minimum atomic E-state index is 0.464. The highest BCUT2D eigenvalue weighted by Crippen LogP contribution is 2.57. The van der Waals surface area contributed by atoms with Crippen LogP contribution in [0.5, 0.6) is 0 Å². The van der Waals surface area contributed by atoms with Crippen LogP contribution in [0.15, 0.2) is 6.07 Å². The Bertz CT molecular complexity index is 378. The van der Waals surface area contributed by atoms with Gasteiger partial charge in [-0.05, 0) is 54.3 Å². The van der Waals surface area contributed by atoms with E-state index in [9.17, 15) is 0 Å². The summed E-state index contributed by atoms with van der Waals surface area (Å²) in [5, 5.41) is 4.56. The van der Waals surface area contributed by atoms with E-state index in [1.165, 1.54) is 5.69 Å². The van der Waals surface area contributed by atoms with E-state index in [1.807, 2.05) is 0 Å². The SMILES string of the molecule is CC(C)n1nc(I)cc1[C@@H]1[C@@H]2COC[C@@H]21. The first-order chi connectivity index (χ1) is 7.18. The first kappa shape index (κ1) is 10.1. The normalized spacial score (nSPS) is 33.5. The Labute approximate surface area is 103 Å². The maximum absolute atomic E-state index is 5.43. The van der Waals surface area contributed by atoms with Crippen molar-refractivity contribution in [3.05, 3.63) is 15.5 Å². The van der Waals surface area contributed by atoms with E-state index in [0.29, 0.717) is 6.04 Å². The van der Waals surface area contributed by atoms with Crippen molar-refractivity contribution in [2.45, 2.75) is 25.8 Å². The summed E-state index contributed by atoms with van der Waals surface area (Å²) in [6, 6.07) is 2.70. The Morgan fingerprint density at radius 3 is 2.73 bits per heavy atom. The van der Waals surface area contributed by atoms with Crippen LogP contribution in [0.4, 0.5) is 0 Å². The maximum atomic E-state index is 5.43. The molecule has 1 saturated carbocycles. The highest BCUT2D eigenvalue weighted by atomic mass is 127. The molecule has 1 saturated heterocycles. The Morgan fingerprint density at radius 2 is 2.13 bits per heavy atom. The molecular weight excluding hydrogens is 303 g/mol. The molecule has 1 aliphatic heterocycles. The van der Waals surface area contributed by atoms with Gasteiger partial charge in [0.15, 0.2) is 0 Å². The van der Waals surface area contributed by atoms with Crippen LogP contribution in [0.2, 0.25) is 0 Å². The number of ether oxygens (including phenoxy) is 1. The lowest BCUT2D eigenvalue weighted by atomic mass is 10.2. The summed E-state index contributed by atoms with van der Waals surface area (Å²) in [5.41, 5.74) is 1.42. The van der Waals surface area contributed by atoms with Gasteiger partial charge in [-0.2, -0.15) is 5.10 Å². The van der Waals surface area contributed by atoms with Crippen molar-refractivity contribution in [2.24, 2.45) is 11.8 Å². The van der Waals surface area contributed by atoms with Gasteiger partial charge in [0, 0.05) is 17.7 Å². The lowest BCUT2D eigenvalue weighted by molar-refractivity contribution is 0.159. The number of halogens is 1.